The molecule has 3 nitrogen and oxygen atoms in total. The Bertz CT molecular complexity index is 347. The Kier molecular flexibility index (Phi) is 1.89. The first kappa shape index (κ1) is 8.21. The van der Waals surface area contributed by atoms with E-state index in [2.05, 4.69) is 16.3 Å². The fourth-order valence-electron chi connectivity index (χ4n) is 1.87. The molecule has 0 amide bonds. The summed E-state index contributed by atoms with van der Waals surface area (Å²) in [6, 6.07) is 2.07. The average Bonchev–Trinajstić information content (AvgIpc) is 2.92. The van der Waals surface area contributed by atoms with Crippen molar-refractivity contribution in [2.45, 2.75) is 32.1 Å². The Morgan fingerprint density at radius 3 is 3.07 bits per heavy atom. The second-order valence-corrected chi connectivity index (χ2v) is 4.26. The van der Waals surface area contributed by atoms with E-state index in [0.717, 1.165) is 31.2 Å². The lowest BCUT2D eigenvalue weighted by molar-refractivity contribution is 0.284. The van der Waals surface area contributed by atoms with Crippen LogP contribution >= 0.6 is 0 Å². The number of hydrogen-bond acceptors (Lipinski definition) is 3. The highest BCUT2D eigenvalue weighted by molar-refractivity contribution is 5.27. The first-order valence-electron chi connectivity index (χ1n) is 5.40. The number of hydrogen-bond donors (Lipinski definition) is 0. The van der Waals surface area contributed by atoms with Gasteiger partial charge in [0, 0.05) is 6.07 Å². The standard InChI is InChI=1S/C11H14N2O/c1-2-9-6-11(13-12-10(9)3-1)14-7-8-4-5-8/h6,8H,1-5,7H2. The van der Waals surface area contributed by atoms with Crippen molar-refractivity contribution in [1.82, 2.24) is 10.2 Å². The molecule has 1 aromatic rings. The van der Waals surface area contributed by atoms with Gasteiger partial charge in [0.1, 0.15) is 0 Å². The van der Waals surface area contributed by atoms with Crippen molar-refractivity contribution in [1.29, 1.82) is 0 Å². The molecule has 3 heteroatoms. The lowest BCUT2D eigenvalue weighted by Gasteiger charge is -2.04. The molecule has 2 aliphatic carbocycles. The van der Waals surface area contributed by atoms with Crippen molar-refractivity contribution >= 4 is 0 Å². The molecule has 3 rings (SSSR count). The largest absolute Gasteiger partial charge is 0.476 e. The maximum absolute atomic E-state index is 5.58. The predicted molar refractivity (Wildman–Crippen MR) is 52.3 cm³/mol. The molecular formula is C11H14N2O. The molecule has 1 aromatic heterocycles. The Labute approximate surface area is 83.5 Å². The molecule has 0 spiro atoms. The molecule has 1 saturated carbocycles. The van der Waals surface area contributed by atoms with Gasteiger partial charge in [-0.3, -0.25) is 0 Å². The highest BCUT2D eigenvalue weighted by Gasteiger charge is 2.22. The van der Waals surface area contributed by atoms with Gasteiger partial charge in [-0.15, -0.1) is 5.10 Å². The first-order chi connectivity index (χ1) is 6.92. The fourth-order valence-corrected chi connectivity index (χ4v) is 1.87. The second kappa shape index (κ2) is 3.23. The van der Waals surface area contributed by atoms with E-state index in [0.29, 0.717) is 0 Å². The van der Waals surface area contributed by atoms with E-state index in [1.807, 2.05) is 0 Å². The highest BCUT2D eigenvalue weighted by Crippen LogP contribution is 2.29. The lowest BCUT2D eigenvalue weighted by Crippen LogP contribution is -2.03. The number of aromatic nitrogens is 2. The third-order valence-corrected chi connectivity index (χ3v) is 2.96. The molecule has 14 heavy (non-hydrogen) atoms. The van der Waals surface area contributed by atoms with Crippen molar-refractivity contribution in [3.8, 4) is 5.88 Å². The van der Waals surface area contributed by atoms with Crippen LogP contribution in [0.3, 0.4) is 0 Å². The van der Waals surface area contributed by atoms with Crippen LogP contribution < -0.4 is 4.74 Å². The monoisotopic (exact) mass is 190 g/mol. The molecule has 1 fully saturated rings. The Morgan fingerprint density at radius 1 is 1.29 bits per heavy atom. The van der Waals surface area contributed by atoms with Crippen LogP contribution in [0.25, 0.3) is 0 Å². The minimum atomic E-state index is 0.720. The van der Waals surface area contributed by atoms with Gasteiger partial charge in [-0.05, 0) is 43.6 Å². The zero-order valence-electron chi connectivity index (χ0n) is 8.20. The molecule has 1 heterocycles. The Balaban J connectivity index is 1.71. The van der Waals surface area contributed by atoms with Crippen molar-refractivity contribution in [3.05, 3.63) is 17.3 Å². The molecule has 74 valence electrons. The molecule has 0 radical (unpaired) electrons. The quantitative estimate of drug-likeness (QED) is 0.728. The third-order valence-electron chi connectivity index (χ3n) is 2.96. The zero-order chi connectivity index (χ0) is 9.38. The van der Waals surface area contributed by atoms with E-state index < -0.39 is 0 Å². The number of aryl methyl sites for hydroxylation is 2. The van der Waals surface area contributed by atoms with E-state index >= 15 is 0 Å². The lowest BCUT2D eigenvalue weighted by atomic mass is 10.2. The molecular weight excluding hydrogens is 176 g/mol. The van der Waals surface area contributed by atoms with Gasteiger partial charge in [0.25, 0.3) is 0 Å². The molecule has 2 aliphatic rings. The number of ether oxygens (including phenoxy) is 1. The van der Waals surface area contributed by atoms with Crippen molar-refractivity contribution < 1.29 is 4.74 Å². The summed E-state index contributed by atoms with van der Waals surface area (Å²) in [5.74, 6) is 1.50. The van der Waals surface area contributed by atoms with Gasteiger partial charge >= 0.3 is 0 Å². The van der Waals surface area contributed by atoms with Crippen LogP contribution in [0.5, 0.6) is 5.88 Å². The van der Waals surface area contributed by atoms with Gasteiger partial charge in [0.05, 0.1) is 12.3 Å². The molecule has 0 N–H and O–H groups in total. The van der Waals surface area contributed by atoms with Gasteiger partial charge in [-0.1, -0.05) is 0 Å². The van der Waals surface area contributed by atoms with Crippen molar-refractivity contribution in [2.24, 2.45) is 5.92 Å². The molecule has 0 atom stereocenters. The van der Waals surface area contributed by atoms with Gasteiger partial charge in [0.15, 0.2) is 0 Å². The summed E-state index contributed by atoms with van der Waals surface area (Å²) in [6.07, 6.45) is 6.09. The summed E-state index contributed by atoms with van der Waals surface area (Å²) < 4.78 is 5.58. The third kappa shape index (κ3) is 1.59. The number of nitrogens with zero attached hydrogens (tertiary/aromatic N) is 2. The average molecular weight is 190 g/mol. The topological polar surface area (TPSA) is 35.0 Å². The van der Waals surface area contributed by atoms with Crippen LogP contribution in [0, 0.1) is 5.92 Å². The minimum Gasteiger partial charge on any atom is -0.476 e. The van der Waals surface area contributed by atoms with Crippen molar-refractivity contribution in [3.63, 3.8) is 0 Å². The number of rotatable bonds is 3. The molecule has 0 aliphatic heterocycles. The minimum absolute atomic E-state index is 0.720. The summed E-state index contributed by atoms with van der Waals surface area (Å²) in [7, 11) is 0. The zero-order valence-corrected chi connectivity index (χ0v) is 8.20. The Hall–Kier alpha value is -1.12. The van der Waals surface area contributed by atoms with Crippen LogP contribution in [0.1, 0.15) is 30.5 Å². The van der Waals surface area contributed by atoms with Crippen LogP contribution in [-0.4, -0.2) is 16.8 Å². The summed E-state index contributed by atoms with van der Waals surface area (Å²) in [4.78, 5) is 0. The first-order valence-corrected chi connectivity index (χ1v) is 5.40. The predicted octanol–water partition coefficient (Wildman–Crippen LogP) is 1.75. The van der Waals surface area contributed by atoms with Crippen LogP contribution in [0.15, 0.2) is 6.07 Å². The Morgan fingerprint density at radius 2 is 2.21 bits per heavy atom. The molecule has 0 aromatic carbocycles. The smallest absolute Gasteiger partial charge is 0.233 e. The van der Waals surface area contributed by atoms with Gasteiger partial charge < -0.3 is 4.74 Å². The molecule has 0 bridgehead atoms. The summed E-state index contributed by atoms with van der Waals surface area (Å²) >= 11 is 0. The normalized spacial score (nSPS) is 19.4. The molecule has 0 unspecified atom stereocenters. The van der Waals surface area contributed by atoms with E-state index in [-0.39, 0.29) is 0 Å². The maximum Gasteiger partial charge on any atom is 0.233 e. The van der Waals surface area contributed by atoms with Gasteiger partial charge in [0.2, 0.25) is 5.88 Å². The van der Waals surface area contributed by atoms with Crippen LogP contribution in [0.2, 0.25) is 0 Å². The van der Waals surface area contributed by atoms with Crippen LogP contribution in [0.4, 0.5) is 0 Å². The highest BCUT2D eigenvalue weighted by atomic mass is 16.5. The molecule has 0 saturated heterocycles. The summed E-state index contributed by atoms with van der Waals surface area (Å²) in [5, 5.41) is 8.26. The van der Waals surface area contributed by atoms with E-state index in [9.17, 15) is 0 Å². The van der Waals surface area contributed by atoms with Gasteiger partial charge in [-0.25, -0.2) is 0 Å². The van der Waals surface area contributed by atoms with E-state index in [1.165, 1.54) is 30.5 Å². The van der Waals surface area contributed by atoms with Crippen LogP contribution in [-0.2, 0) is 12.8 Å². The summed E-state index contributed by atoms with van der Waals surface area (Å²) in [6.45, 7) is 0.827. The fraction of sp³-hybridized carbons (Fsp3) is 0.636. The van der Waals surface area contributed by atoms with Gasteiger partial charge in [-0.2, -0.15) is 5.10 Å². The van der Waals surface area contributed by atoms with E-state index in [1.54, 1.807) is 0 Å². The van der Waals surface area contributed by atoms with Crippen molar-refractivity contribution in [2.75, 3.05) is 6.61 Å². The number of fused-ring (bicyclic) bond motifs is 1. The summed E-state index contributed by atoms with van der Waals surface area (Å²) in [5.41, 5.74) is 2.51. The SMILES string of the molecule is c1c(OCC2CC2)nnc2c1CCC2. The second-order valence-electron chi connectivity index (χ2n) is 4.26. The maximum atomic E-state index is 5.58. The van der Waals surface area contributed by atoms with E-state index in [4.69, 9.17) is 4.74 Å².